The average molecular weight is 299 g/mol. The van der Waals surface area contributed by atoms with Crippen LogP contribution in [0.5, 0.6) is 0 Å². The zero-order valence-electron chi connectivity index (χ0n) is 11.0. The van der Waals surface area contributed by atoms with Crippen molar-refractivity contribution in [2.75, 3.05) is 19.0 Å². The number of imidazole rings is 1. The Balaban J connectivity index is 2.07. The highest BCUT2D eigenvalue weighted by Gasteiger charge is 2.44. The molecule has 3 rings (SSSR count). The molecule has 0 saturated carbocycles. The summed E-state index contributed by atoms with van der Waals surface area (Å²) in [5.74, 6) is 0.197. The highest BCUT2D eigenvalue weighted by atomic mass is 19.1. The van der Waals surface area contributed by atoms with Gasteiger partial charge in [-0.1, -0.05) is 0 Å². The predicted molar refractivity (Wildman–Crippen MR) is 67.8 cm³/mol. The van der Waals surface area contributed by atoms with E-state index in [0.29, 0.717) is 5.52 Å². The highest BCUT2D eigenvalue weighted by Crippen LogP contribution is 2.32. The van der Waals surface area contributed by atoms with Crippen molar-refractivity contribution >= 4 is 17.0 Å². The second-order valence-electron chi connectivity index (χ2n) is 4.64. The van der Waals surface area contributed by atoms with Crippen LogP contribution in [0.4, 0.5) is 10.2 Å². The predicted octanol–water partition coefficient (Wildman–Crippen LogP) is -1.38. The molecule has 1 aliphatic rings. The van der Waals surface area contributed by atoms with Crippen LogP contribution in [0.15, 0.2) is 6.33 Å². The molecule has 3 heterocycles. The molecule has 0 aromatic carbocycles. The van der Waals surface area contributed by atoms with Crippen LogP contribution in [0.25, 0.3) is 11.2 Å². The number of aliphatic hydroxyl groups excluding tert-OH is 3. The van der Waals surface area contributed by atoms with E-state index in [0.717, 1.165) is 0 Å². The lowest BCUT2D eigenvalue weighted by atomic mass is 10.1. The van der Waals surface area contributed by atoms with Crippen LogP contribution < -0.4 is 5.32 Å². The molecule has 0 amide bonds. The molecule has 10 heteroatoms. The van der Waals surface area contributed by atoms with E-state index in [-0.39, 0.29) is 11.5 Å². The Morgan fingerprint density at radius 1 is 1.38 bits per heavy atom. The molecular formula is C11H14FN5O4. The first-order chi connectivity index (χ1) is 10.1. The Morgan fingerprint density at radius 3 is 2.76 bits per heavy atom. The largest absolute Gasteiger partial charge is 0.394 e. The number of aliphatic hydroxyl groups is 3. The van der Waals surface area contributed by atoms with E-state index in [1.165, 1.54) is 10.9 Å². The number of fused-ring (bicyclic) bond motifs is 1. The van der Waals surface area contributed by atoms with Gasteiger partial charge in [-0.15, -0.1) is 0 Å². The fraction of sp³-hybridized carbons (Fsp3) is 0.545. The number of nitrogens with one attached hydrogen (secondary N) is 1. The summed E-state index contributed by atoms with van der Waals surface area (Å²) in [6.07, 6.45) is -4.16. The lowest BCUT2D eigenvalue weighted by Crippen LogP contribution is -2.33. The Bertz CT molecular complexity index is 665. The summed E-state index contributed by atoms with van der Waals surface area (Å²) in [5.41, 5.74) is 0.415. The molecular weight excluding hydrogens is 285 g/mol. The Morgan fingerprint density at radius 2 is 2.14 bits per heavy atom. The number of nitrogens with zero attached hydrogens (tertiary/aromatic N) is 4. The third-order valence-corrected chi connectivity index (χ3v) is 3.42. The van der Waals surface area contributed by atoms with Crippen LogP contribution >= 0.6 is 0 Å². The molecule has 21 heavy (non-hydrogen) atoms. The van der Waals surface area contributed by atoms with Crippen LogP contribution in [0.3, 0.4) is 0 Å². The molecule has 1 aliphatic heterocycles. The van der Waals surface area contributed by atoms with Crippen molar-refractivity contribution in [3.8, 4) is 0 Å². The second-order valence-corrected chi connectivity index (χ2v) is 4.64. The Hall–Kier alpha value is -1.88. The Kier molecular flexibility index (Phi) is 3.45. The fourth-order valence-electron chi connectivity index (χ4n) is 2.36. The smallest absolute Gasteiger partial charge is 0.312 e. The van der Waals surface area contributed by atoms with Gasteiger partial charge in [-0.25, -0.2) is 4.98 Å². The van der Waals surface area contributed by atoms with E-state index in [9.17, 15) is 14.6 Å². The van der Waals surface area contributed by atoms with E-state index in [4.69, 9.17) is 9.84 Å². The number of ether oxygens (including phenoxy) is 1. The summed E-state index contributed by atoms with van der Waals surface area (Å²) < 4.78 is 20.1. The number of rotatable bonds is 3. The summed E-state index contributed by atoms with van der Waals surface area (Å²) in [6, 6.07) is 0. The van der Waals surface area contributed by atoms with Crippen LogP contribution in [0.1, 0.15) is 6.23 Å². The van der Waals surface area contributed by atoms with Crippen LogP contribution in [0.2, 0.25) is 0 Å². The number of hydrogen-bond donors (Lipinski definition) is 4. The third kappa shape index (κ3) is 2.12. The standard InChI is InChI=1S/C11H14FN5O4/c1-13-8-5-9(16-11(12)15-8)17(3-14-5)10-7(20)6(19)4(2-18)21-10/h3-4,6-7,10,18-20H,2H2,1H3,(H,13,15,16)/t4-,6-,7-,10-/m1/s1. The maximum absolute atomic E-state index is 13.4. The van der Waals surface area contributed by atoms with Crippen molar-refractivity contribution in [3.05, 3.63) is 12.4 Å². The second kappa shape index (κ2) is 5.15. The summed E-state index contributed by atoms with van der Waals surface area (Å²) in [4.78, 5) is 11.3. The minimum atomic E-state index is -1.30. The Labute approximate surface area is 118 Å². The molecule has 1 fully saturated rings. The fourth-order valence-corrected chi connectivity index (χ4v) is 2.36. The molecule has 4 atom stereocenters. The van der Waals surface area contributed by atoms with Crippen molar-refractivity contribution in [1.29, 1.82) is 0 Å². The van der Waals surface area contributed by atoms with Crippen molar-refractivity contribution < 1.29 is 24.4 Å². The normalized spacial score (nSPS) is 29.2. The highest BCUT2D eigenvalue weighted by molar-refractivity contribution is 5.82. The van der Waals surface area contributed by atoms with E-state index in [2.05, 4.69) is 20.3 Å². The van der Waals surface area contributed by atoms with Gasteiger partial charge in [0.05, 0.1) is 12.9 Å². The minimum absolute atomic E-state index is 0.113. The van der Waals surface area contributed by atoms with Gasteiger partial charge in [0.1, 0.15) is 18.3 Å². The van der Waals surface area contributed by atoms with Gasteiger partial charge in [-0.3, -0.25) is 4.57 Å². The molecule has 0 radical (unpaired) electrons. The number of halogens is 1. The maximum Gasteiger partial charge on any atom is 0.312 e. The van der Waals surface area contributed by atoms with Crippen molar-refractivity contribution in [2.24, 2.45) is 0 Å². The summed E-state index contributed by atoms with van der Waals surface area (Å²) in [7, 11) is 1.56. The average Bonchev–Trinajstić information content (AvgIpc) is 3.01. The lowest BCUT2D eigenvalue weighted by Gasteiger charge is -2.16. The molecule has 1 saturated heterocycles. The topological polar surface area (TPSA) is 126 Å². The van der Waals surface area contributed by atoms with Crippen LogP contribution in [-0.4, -0.2) is 66.8 Å². The minimum Gasteiger partial charge on any atom is -0.394 e. The van der Waals surface area contributed by atoms with Crippen molar-refractivity contribution in [1.82, 2.24) is 19.5 Å². The molecule has 2 aromatic rings. The van der Waals surface area contributed by atoms with E-state index >= 15 is 0 Å². The van der Waals surface area contributed by atoms with Crippen LogP contribution in [-0.2, 0) is 4.74 Å². The molecule has 9 nitrogen and oxygen atoms in total. The summed E-state index contributed by atoms with van der Waals surface area (Å²) >= 11 is 0. The first kappa shape index (κ1) is 14.1. The van der Waals surface area contributed by atoms with Gasteiger partial charge in [0.2, 0.25) is 0 Å². The van der Waals surface area contributed by atoms with Crippen molar-refractivity contribution in [3.63, 3.8) is 0 Å². The zero-order valence-corrected chi connectivity index (χ0v) is 11.0. The maximum atomic E-state index is 13.4. The van der Waals surface area contributed by atoms with Crippen molar-refractivity contribution in [2.45, 2.75) is 24.5 Å². The summed E-state index contributed by atoms with van der Waals surface area (Å²) in [6.45, 7) is -0.452. The molecule has 0 spiro atoms. The van der Waals surface area contributed by atoms with E-state index in [1.54, 1.807) is 7.05 Å². The van der Waals surface area contributed by atoms with Gasteiger partial charge >= 0.3 is 6.08 Å². The third-order valence-electron chi connectivity index (χ3n) is 3.42. The first-order valence-electron chi connectivity index (χ1n) is 6.27. The molecule has 114 valence electrons. The quantitative estimate of drug-likeness (QED) is 0.511. The van der Waals surface area contributed by atoms with Gasteiger partial charge in [0.15, 0.2) is 23.2 Å². The SMILES string of the molecule is CNc1nc(F)nc2c1ncn2[C@@H]1O[C@H](CO)[C@@H](O)[C@H]1O. The lowest BCUT2D eigenvalue weighted by molar-refractivity contribution is -0.0511. The molecule has 0 aliphatic carbocycles. The number of aromatic nitrogens is 4. The van der Waals surface area contributed by atoms with Crippen LogP contribution in [0, 0.1) is 6.08 Å². The molecule has 0 unspecified atom stereocenters. The molecule has 0 bridgehead atoms. The van der Waals surface area contributed by atoms with E-state index in [1.807, 2.05) is 0 Å². The molecule has 2 aromatic heterocycles. The zero-order chi connectivity index (χ0) is 15.1. The molecule has 4 N–H and O–H groups in total. The number of anilines is 1. The number of hydrogen-bond acceptors (Lipinski definition) is 8. The van der Waals surface area contributed by atoms with Gasteiger partial charge in [-0.05, 0) is 0 Å². The van der Waals surface area contributed by atoms with Gasteiger partial charge in [0, 0.05) is 7.05 Å². The van der Waals surface area contributed by atoms with Gasteiger partial charge in [0.25, 0.3) is 0 Å². The van der Waals surface area contributed by atoms with Gasteiger partial charge < -0.3 is 25.4 Å². The first-order valence-corrected chi connectivity index (χ1v) is 6.27. The summed E-state index contributed by atoms with van der Waals surface area (Å²) in [5, 5.41) is 31.6. The van der Waals surface area contributed by atoms with E-state index < -0.39 is 37.2 Å². The monoisotopic (exact) mass is 299 g/mol. The van der Waals surface area contributed by atoms with Gasteiger partial charge in [-0.2, -0.15) is 14.4 Å².